The van der Waals surface area contributed by atoms with Crippen molar-refractivity contribution < 1.29 is 14.2 Å². The fourth-order valence-corrected chi connectivity index (χ4v) is 3.64. The van der Waals surface area contributed by atoms with E-state index in [2.05, 4.69) is 40.3 Å². The normalized spacial score (nSPS) is 10.5. The molecule has 29 heavy (non-hydrogen) atoms. The molecule has 0 bridgehead atoms. The van der Waals surface area contributed by atoms with Crippen LogP contribution in [-0.4, -0.2) is 14.2 Å². The minimum absolute atomic E-state index is 0.479. The van der Waals surface area contributed by atoms with Crippen LogP contribution in [0, 0.1) is 6.92 Å². The highest BCUT2D eigenvalue weighted by Crippen LogP contribution is 2.35. The monoisotopic (exact) mass is 475 g/mol. The Hall–Kier alpha value is -2.37. The van der Waals surface area contributed by atoms with Crippen molar-refractivity contribution in [1.29, 1.82) is 0 Å². The first-order valence-corrected chi connectivity index (χ1v) is 10.3. The minimum Gasteiger partial charge on any atom is -0.495 e. The van der Waals surface area contributed by atoms with Gasteiger partial charge in [0.25, 0.3) is 0 Å². The summed E-state index contributed by atoms with van der Waals surface area (Å²) in [4.78, 5) is 0. The van der Waals surface area contributed by atoms with Gasteiger partial charge in [-0.2, -0.15) is 0 Å². The zero-order chi connectivity index (χ0) is 20.8. The molecular weight excluding hydrogens is 454 g/mol. The molecule has 3 rings (SSSR count). The number of benzene rings is 3. The predicted octanol–water partition coefficient (Wildman–Crippen LogP) is 6.62. The molecule has 152 valence electrons. The van der Waals surface area contributed by atoms with Gasteiger partial charge < -0.3 is 19.5 Å². The zero-order valence-corrected chi connectivity index (χ0v) is 18.9. The fourth-order valence-electron chi connectivity index (χ4n) is 2.92. The summed E-state index contributed by atoms with van der Waals surface area (Å²) < 4.78 is 17.7. The Labute approximate surface area is 184 Å². The second-order valence-corrected chi connectivity index (χ2v) is 7.84. The summed E-state index contributed by atoms with van der Waals surface area (Å²) in [6.07, 6.45) is 0. The number of ether oxygens (including phenoxy) is 3. The van der Waals surface area contributed by atoms with Crippen LogP contribution in [0.2, 0.25) is 5.02 Å². The molecule has 3 aromatic rings. The lowest BCUT2D eigenvalue weighted by atomic mass is 10.1. The second kappa shape index (κ2) is 9.90. The van der Waals surface area contributed by atoms with Crippen molar-refractivity contribution >= 4 is 33.2 Å². The quantitative estimate of drug-likeness (QED) is 0.396. The van der Waals surface area contributed by atoms with Crippen LogP contribution in [0.3, 0.4) is 0 Å². The van der Waals surface area contributed by atoms with E-state index in [1.807, 2.05) is 42.5 Å². The first-order chi connectivity index (χ1) is 14.0. The molecule has 0 fully saturated rings. The molecule has 0 saturated heterocycles. The molecule has 0 spiro atoms. The number of hydrogen-bond donors (Lipinski definition) is 1. The Morgan fingerprint density at radius 1 is 0.931 bits per heavy atom. The SMILES string of the molecule is COc1ccc(NCc2cc(OC)c(OCc3cccc(C)c3)cc2Br)cc1Cl. The van der Waals surface area contributed by atoms with Gasteiger partial charge in [0.2, 0.25) is 0 Å². The third kappa shape index (κ3) is 5.58. The zero-order valence-electron chi connectivity index (χ0n) is 16.6. The highest BCUT2D eigenvalue weighted by Gasteiger charge is 2.11. The van der Waals surface area contributed by atoms with Crippen LogP contribution >= 0.6 is 27.5 Å². The average Bonchev–Trinajstić information content (AvgIpc) is 2.71. The van der Waals surface area contributed by atoms with E-state index in [1.54, 1.807) is 14.2 Å². The molecule has 0 amide bonds. The molecule has 0 aromatic heterocycles. The van der Waals surface area contributed by atoms with Crippen LogP contribution in [0.5, 0.6) is 17.2 Å². The van der Waals surface area contributed by atoms with Crippen LogP contribution in [-0.2, 0) is 13.2 Å². The standard InChI is InChI=1S/C23H23BrClNO3/c1-15-5-4-6-16(9-15)14-29-23-12-19(24)17(10-22(23)28-3)13-26-18-7-8-21(27-2)20(25)11-18/h4-12,26H,13-14H2,1-3H3. The largest absolute Gasteiger partial charge is 0.495 e. The van der Waals surface area contributed by atoms with E-state index in [-0.39, 0.29) is 0 Å². The maximum absolute atomic E-state index is 6.20. The minimum atomic E-state index is 0.479. The summed E-state index contributed by atoms with van der Waals surface area (Å²) in [5.74, 6) is 2.03. The number of halogens is 2. The van der Waals surface area contributed by atoms with Gasteiger partial charge in [-0.05, 0) is 48.4 Å². The number of rotatable bonds is 8. The molecule has 3 aromatic carbocycles. The number of anilines is 1. The number of hydrogen-bond acceptors (Lipinski definition) is 4. The summed E-state index contributed by atoms with van der Waals surface area (Å²) in [7, 11) is 3.24. The van der Waals surface area contributed by atoms with E-state index in [0.717, 1.165) is 21.3 Å². The molecule has 4 nitrogen and oxygen atoms in total. The van der Waals surface area contributed by atoms with Gasteiger partial charge in [0.15, 0.2) is 11.5 Å². The molecule has 0 atom stereocenters. The summed E-state index contributed by atoms with van der Waals surface area (Å²) >= 11 is 9.83. The van der Waals surface area contributed by atoms with E-state index >= 15 is 0 Å². The van der Waals surface area contributed by atoms with Crippen molar-refractivity contribution in [3.63, 3.8) is 0 Å². The Kier molecular flexibility index (Phi) is 7.29. The van der Waals surface area contributed by atoms with Crippen LogP contribution in [0.1, 0.15) is 16.7 Å². The number of nitrogens with one attached hydrogen (secondary N) is 1. The van der Waals surface area contributed by atoms with Gasteiger partial charge in [-0.25, -0.2) is 0 Å². The van der Waals surface area contributed by atoms with Gasteiger partial charge in [-0.1, -0.05) is 57.4 Å². The Morgan fingerprint density at radius 2 is 1.72 bits per heavy atom. The molecule has 0 unspecified atom stereocenters. The highest BCUT2D eigenvalue weighted by atomic mass is 79.9. The maximum atomic E-state index is 6.20. The van der Waals surface area contributed by atoms with Crippen molar-refractivity contribution in [2.75, 3.05) is 19.5 Å². The molecule has 0 aliphatic rings. The van der Waals surface area contributed by atoms with Crippen molar-refractivity contribution in [1.82, 2.24) is 0 Å². The fraction of sp³-hybridized carbons (Fsp3) is 0.217. The topological polar surface area (TPSA) is 39.7 Å². The first-order valence-electron chi connectivity index (χ1n) is 9.12. The van der Waals surface area contributed by atoms with Crippen molar-refractivity contribution in [3.8, 4) is 17.2 Å². The molecule has 6 heteroatoms. The van der Waals surface area contributed by atoms with Crippen LogP contribution in [0.25, 0.3) is 0 Å². The van der Waals surface area contributed by atoms with Crippen molar-refractivity contribution in [2.45, 2.75) is 20.1 Å². The summed E-state index contributed by atoms with van der Waals surface area (Å²) in [6.45, 7) is 3.14. The second-order valence-electron chi connectivity index (χ2n) is 6.58. The lowest BCUT2D eigenvalue weighted by molar-refractivity contribution is 0.284. The molecule has 0 heterocycles. The molecule has 0 saturated carbocycles. The Morgan fingerprint density at radius 3 is 2.41 bits per heavy atom. The van der Waals surface area contributed by atoms with E-state index in [0.29, 0.717) is 35.4 Å². The lowest BCUT2D eigenvalue weighted by Gasteiger charge is -2.15. The number of aryl methyl sites for hydroxylation is 1. The Bertz CT molecular complexity index is 994. The summed E-state index contributed by atoms with van der Waals surface area (Å²) in [6, 6.07) is 17.8. The van der Waals surface area contributed by atoms with Gasteiger partial charge >= 0.3 is 0 Å². The molecular formula is C23H23BrClNO3. The van der Waals surface area contributed by atoms with Crippen LogP contribution in [0.4, 0.5) is 5.69 Å². The van der Waals surface area contributed by atoms with Crippen molar-refractivity contribution in [2.24, 2.45) is 0 Å². The van der Waals surface area contributed by atoms with E-state index < -0.39 is 0 Å². The third-order valence-corrected chi connectivity index (χ3v) is 5.48. The smallest absolute Gasteiger partial charge is 0.162 e. The molecule has 0 aliphatic carbocycles. The third-order valence-electron chi connectivity index (χ3n) is 4.44. The van der Waals surface area contributed by atoms with Crippen molar-refractivity contribution in [3.05, 3.63) is 80.8 Å². The van der Waals surface area contributed by atoms with Gasteiger partial charge in [0, 0.05) is 16.7 Å². The van der Waals surface area contributed by atoms with Gasteiger partial charge in [0.1, 0.15) is 12.4 Å². The molecule has 0 radical (unpaired) electrons. The first kappa shape index (κ1) is 21.3. The lowest BCUT2D eigenvalue weighted by Crippen LogP contribution is -2.03. The molecule has 1 N–H and O–H groups in total. The summed E-state index contributed by atoms with van der Waals surface area (Å²) in [5, 5.41) is 3.93. The highest BCUT2D eigenvalue weighted by molar-refractivity contribution is 9.10. The van der Waals surface area contributed by atoms with Gasteiger partial charge in [-0.3, -0.25) is 0 Å². The van der Waals surface area contributed by atoms with Crippen LogP contribution < -0.4 is 19.5 Å². The van der Waals surface area contributed by atoms with E-state index in [1.165, 1.54) is 5.56 Å². The average molecular weight is 477 g/mol. The summed E-state index contributed by atoms with van der Waals surface area (Å²) in [5.41, 5.74) is 4.27. The number of methoxy groups -OCH3 is 2. The Balaban J connectivity index is 1.71. The molecule has 0 aliphatic heterocycles. The maximum Gasteiger partial charge on any atom is 0.162 e. The van der Waals surface area contributed by atoms with Crippen LogP contribution in [0.15, 0.2) is 59.1 Å². The predicted molar refractivity (Wildman–Crippen MR) is 122 cm³/mol. The van der Waals surface area contributed by atoms with Gasteiger partial charge in [0.05, 0.1) is 19.2 Å². The van der Waals surface area contributed by atoms with E-state index in [4.69, 9.17) is 25.8 Å². The van der Waals surface area contributed by atoms with E-state index in [9.17, 15) is 0 Å². The van der Waals surface area contributed by atoms with Gasteiger partial charge in [-0.15, -0.1) is 0 Å².